The van der Waals surface area contributed by atoms with Gasteiger partial charge in [0.05, 0.1) is 18.0 Å². The normalized spacial score (nSPS) is 13.6. The molecule has 2 atom stereocenters. The maximum absolute atomic E-state index is 13.1. The van der Waals surface area contributed by atoms with Gasteiger partial charge in [0.15, 0.2) is 0 Å². The third-order valence-corrected chi connectivity index (χ3v) is 6.70. The fourth-order valence-corrected chi connectivity index (χ4v) is 4.66. The highest BCUT2D eigenvalue weighted by atomic mass is 32.2. The van der Waals surface area contributed by atoms with E-state index in [9.17, 15) is 26.4 Å². The highest BCUT2D eigenvalue weighted by Crippen LogP contribution is 2.27. The molecule has 0 amide bonds. The number of halogens is 3. The van der Waals surface area contributed by atoms with Crippen LogP contribution in [0.1, 0.15) is 22.7 Å². The van der Waals surface area contributed by atoms with Crippen LogP contribution >= 0.6 is 0 Å². The van der Waals surface area contributed by atoms with E-state index in [2.05, 4.69) is 14.8 Å². The number of nitrogens with one attached hydrogen (secondary N) is 2. The van der Waals surface area contributed by atoms with Crippen molar-refractivity contribution in [2.45, 2.75) is 36.8 Å². The van der Waals surface area contributed by atoms with Gasteiger partial charge in [0.1, 0.15) is 11.8 Å². The summed E-state index contributed by atoms with van der Waals surface area (Å²) in [5.74, 6) is -1.34. The summed E-state index contributed by atoms with van der Waals surface area (Å²) in [5, 5.41) is 3.13. The van der Waals surface area contributed by atoms with Gasteiger partial charge in [0.2, 0.25) is 10.0 Å². The minimum atomic E-state index is -4.87. The smallest absolute Gasteiger partial charge is 0.468 e. The summed E-state index contributed by atoms with van der Waals surface area (Å²) >= 11 is 0. The fraction of sp³-hybridized carbons (Fsp3) is 0.240. The van der Waals surface area contributed by atoms with Crippen molar-refractivity contribution in [2.24, 2.45) is 0 Å². The van der Waals surface area contributed by atoms with Crippen molar-refractivity contribution in [3.63, 3.8) is 0 Å². The maximum Gasteiger partial charge on any atom is 0.573 e. The zero-order valence-electron chi connectivity index (χ0n) is 19.5. The summed E-state index contributed by atoms with van der Waals surface area (Å²) in [5.41, 5.74) is 2.02. The number of aryl methyl sites for hydroxylation is 1. The zero-order chi connectivity index (χ0) is 26.3. The van der Waals surface area contributed by atoms with Gasteiger partial charge in [-0.25, -0.2) is 8.42 Å². The van der Waals surface area contributed by atoms with E-state index in [1.54, 1.807) is 19.1 Å². The number of ether oxygens (including phenoxy) is 2. The van der Waals surface area contributed by atoms with E-state index < -0.39 is 40.2 Å². The summed E-state index contributed by atoms with van der Waals surface area (Å²) in [7, 11) is -3.05. The number of sulfonamides is 1. The zero-order valence-corrected chi connectivity index (χ0v) is 20.3. The Balaban J connectivity index is 1.97. The minimum Gasteiger partial charge on any atom is -0.468 e. The van der Waals surface area contributed by atoms with Gasteiger partial charge >= 0.3 is 12.3 Å². The fourth-order valence-electron chi connectivity index (χ4n) is 3.46. The molecule has 2 N–H and O–H groups in total. The second-order valence-electron chi connectivity index (χ2n) is 7.90. The molecule has 7 nitrogen and oxygen atoms in total. The second kappa shape index (κ2) is 11.5. The summed E-state index contributed by atoms with van der Waals surface area (Å²) in [6, 6.07) is 17.5. The van der Waals surface area contributed by atoms with Gasteiger partial charge in [-0.15, -0.1) is 13.2 Å². The van der Waals surface area contributed by atoms with Crippen LogP contribution in [0.25, 0.3) is 0 Å². The van der Waals surface area contributed by atoms with E-state index in [1.807, 2.05) is 30.3 Å². The molecule has 0 aliphatic rings. The Morgan fingerprint density at radius 2 is 1.56 bits per heavy atom. The number of methoxy groups -OCH3 is 1. The van der Waals surface area contributed by atoms with Crippen molar-refractivity contribution in [1.29, 1.82) is 0 Å². The number of hydrogen-bond acceptors (Lipinski definition) is 6. The van der Waals surface area contributed by atoms with Crippen molar-refractivity contribution in [1.82, 2.24) is 10.0 Å². The van der Waals surface area contributed by atoms with Crippen molar-refractivity contribution in [3.05, 3.63) is 95.6 Å². The van der Waals surface area contributed by atoms with Crippen molar-refractivity contribution >= 4 is 16.0 Å². The third kappa shape index (κ3) is 7.54. The lowest BCUT2D eigenvalue weighted by Crippen LogP contribution is -2.49. The molecular formula is C25H25F3N2O5S. The van der Waals surface area contributed by atoms with Gasteiger partial charge < -0.3 is 14.8 Å². The van der Waals surface area contributed by atoms with Crippen LogP contribution in [0.2, 0.25) is 0 Å². The van der Waals surface area contributed by atoms with E-state index in [-0.39, 0.29) is 11.4 Å². The van der Waals surface area contributed by atoms with Crippen molar-refractivity contribution in [2.75, 3.05) is 7.11 Å². The molecule has 36 heavy (non-hydrogen) atoms. The molecule has 192 valence electrons. The predicted molar refractivity (Wildman–Crippen MR) is 126 cm³/mol. The largest absolute Gasteiger partial charge is 0.573 e. The quantitative estimate of drug-likeness (QED) is 0.387. The molecule has 0 saturated heterocycles. The molecule has 11 heteroatoms. The molecule has 0 saturated carbocycles. The van der Waals surface area contributed by atoms with E-state index >= 15 is 0 Å². The predicted octanol–water partition coefficient (Wildman–Crippen LogP) is 4.24. The van der Waals surface area contributed by atoms with Crippen LogP contribution in [-0.2, 0) is 26.1 Å². The van der Waals surface area contributed by atoms with Gasteiger partial charge in [-0.1, -0.05) is 60.2 Å². The first-order chi connectivity index (χ1) is 17.0. The van der Waals surface area contributed by atoms with E-state index in [0.717, 1.165) is 30.4 Å². The number of carbonyl (C=O) groups is 1. The van der Waals surface area contributed by atoms with Gasteiger partial charge in [0, 0.05) is 6.54 Å². The molecule has 0 aliphatic heterocycles. The molecule has 0 aliphatic carbocycles. The molecule has 0 bridgehead atoms. The molecule has 0 radical (unpaired) electrons. The second-order valence-corrected chi connectivity index (χ2v) is 9.61. The number of hydrogen-bond donors (Lipinski definition) is 2. The number of alkyl halides is 3. The first-order valence-corrected chi connectivity index (χ1v) is 12.3. The Bertz CT molecular complexity index is 1250. The lowest BCUT2D eigenvalue weighted by molar-refractivity contribution is -0.274. The molecular weight excluding hydrogens is 497 g/mol. The van der Waals surface area contributed by atoms with Gasteiger partial charge in [-0.3, -0.25) is 4.79 Å². The van der Waals surface area contributed by atoms with Crippen molar-refractivity contribution in [3.8, 4) is 5.75 Å². The van der Waals surface area contributed by atoms with Crippen LogP contribution in [0.15, 0.2) is 83.8 Å². The molecule has 0 spiro atoms. The molecule has 0 fully saturated rings. The Hall–Kier alpha value is -3.41. The van der Waals surface area contributed by atoms with Crippen LogP contribution < -0.4 is 14.8 Å². The van der Waals surface area contributed by atoms with Crippen LogP contribution in [0.4, 0.5) is 13.2 Å². The summed E-state index contributed by atoms with van der Waals surface area (Å²) in [4.78, 5) is 12.7. The molecule has 0 heterocycles. The van der Waals surface area contributed by atoms with Gasteiger partial charge in [0.25, 0.3) is 0 Å². The lowest BCUT2D eigenvalue weighted by atomic mass is 9.99. The summed E-state index contributed by atoms with van der Waals surface area (Å²) in [6.45, 7) is 2.03. The lowest BCUT2D eigenvalue weighted by Gasteiger charge is -2.28. The first kappa shape index (κ1) is 27.2. The van der Waals surface area contributed by atoms with Crippen molar-refractivity contribution < 1.29 is 35.9 Å². The molecule has 0 unspecified atom stereocenters. The summed E-state index contributed by atoms with van der Waals surface area (Å²) < 4.78 is 75.2. The monoisotopic (exact) mass is 522 g/mol. The number of benzene rings is 3. The highest BCUT2D eigenvalue weighted by molar-refractivity contribution is 7.89. The van der Waals surface area contributed by atoms with Crippen LogP contribution in [0.3, 0.4) is 0 Å². The van der Waals surface area contributed by atoms with Gasteiger partial charge in [-0.05, 0) is 42.3 Å². The molecule has 3 aromatic carbocycles. The first-order valence-electron chi connectivity index (χ1n) is 10.8. The Labute approximate surface area is 207 Å². The Morgan fingerprint density at radius 3 is 2.11 bits per heavy atom. The Morgan fingerprint density at radius 1 is 0.944 bits per heavy atom. The number of carbonyl (C=O) groups excluding carboxylic acids is 1. The molecule has 3 rings (SSSR count). The average molecular weight is 523 g/mol. The molecule has 3 aromatic rings. The SMILES string of the molecule is COC(=O)[C@@H](NS(=O)(=O)c1ccc(C)cc1)[C@@H](NCc1ccccc1)c1ccc(OC(F)(F)F)cc1. The Kier molecular flexibility index (Phi) is 8.72. The van der Waals surface area contributed by atoms with E-state index in [4.69, 9.17) is 4.74 Å². The standard InChI is InChI=1S/C25H25F3N2O5S/c1-17-8-14-21(15-9-17)36(32,33)30-23(24(31)34-2)22(29-16-18-6-4-3-5-7-18)19-10-12-20(13-11-19)35-25(26,27)28/h3-15,22-23,29-30H,16H2,1-2H3/t22-,23-/m0/s1. The minimum absolute atomic E-state index is 0.0577. The maximum atomic E-state index is 13.1. The third-order valence-electron chi connectivity index (χ3n) is 5.24. The topological polar surface area (TPSA) is 93.7 Å². The van der Waals surface area contributed by atoms with Crippen LogP contribution in [0, 0.1) is 6.92 Å². The summed E-state index contributed by atoms with van der Waals surface area (Å²) in [6.07, 6.45) is -4.87. The van der Waals surface area contributed by atoms with Gasteiger partial charge in [-0.2, -0.15) is 4.72 Å². The van der Waals surface area contributed by atoms with Crippen LogP contribution in [0.5, 0.6) is 5.75 Å². The van der Waals surface area contributed by atoms with E-state index in [1.165, 1.54) is 24.3 Å². The van der Waals surface area contributed by atoms with E-state index in [0.29, 0.717) is 5.56 Å². The highest BCUT2D eigenvalue weighted by Gasteiger charge is 2.35. The van der Waals surface area contributed by atoms with Crippen LogP contribution in [-0.4, -0.2) is 33.9 Å². The number of esters is 1. The molecule has 0 aromatic heterocycles. The number of rotatable bonds is 10. The average Bonchev–Trinajstić information content (AvgIpc) is 2.83.